The lowest BCUT2D eigenvalue weighted by Crippen LogP contribution is -2.46. The van der Waals surface area contributed by atoms with Crippen LogP contribution in [0.5, 0.6) is 0 Å². The Kier molecular flexibility index (Phi) is 6.73. The molecule has 32 heavy (non-hydrogen) atoms. The van der Waals surface area contributed by atoms with Crippen molar-refractivity contribution in [2.75, 3.05) is 0 Å². The number of hydrogen-bond donors (Lipinski definition) is 2. The molecular formula is C24H19F3N2O3. The Labute approximate surface area is 182 Å². The molecule has 3 N–H and O–H groups in total. The number of carbonyl (C=O) groups is 3. The number of primary amides is 1. The third-order valence-electron chi connectivity index (χ3n) is 4.82. The molecule has 0 spiro atoms. The summed E-state index contributed by atoms with van der Waals surface area (Å²) in [5.41, 5.74) is 5.17. The van der Waals surface area contributed by atoms with Gasteiger partial charge in [-0.1, -0.05) is 66.7 Å². The maximum Gasteiger partial charge on any atom is 0.417 e. The lowest BCUT2D eigenvalue weighted by atomic mass is 9.99. The van der Waals surface area contributed by atoms with Crippen LogP contribution in [0.3, 0.4) is 0 Å². The van der Waals surface area contributed by atoms with Crippen molar-refractivity contribution in [1.82, 2.24) is 5.32 Å². The van der Waals surface area contributed by atoms with Crippen LogP contribution in [-0.2, 0) is 17.4 Å². The topological polar surface area (TPSA) is 89.3 Å². The van der Waals surface area contributed by atoms with Crippen LogP contribution < -0.4 is 11.1 Å². The fourth-order valence-electron chi connectivity index (χ4n) is 3.17. The predicted molar refractivity (Wildman–Crippen MR) is 112 cm³/mol. The van der Waals surface area contributed by atoms with Crippen molar-refractivity contribution in [2.24, 2.45) is 5.73 Å². The van der Waals surface area contributed by atoms with Gasteiger partial charge in [-0.05, 0) is 17.7 Å². The van der Waals surface area contributed by atoms with Crippen LogP contribution in [0.25, 0.3) is 0 Å². The molecule has 0 aliphatic carbocycles. The second-order valence-electron chi connectivity index (χ2n) is 7.07. The zero-order valence-corrected chi connectivity index (χ0v) is 16.7. The Morgan fingerprint density at radius 3 is 1.97 bits per heavy atom. The van der Waals surface area contributed by atoms with Crippen molar-refractivity contribution in [1.29, 1.82) is 0 Å². The Balaban J connectivity index is 1.75. The van der Waals surface area contributed by atoms with Gasteiger partial charge in [-0.15, -0.1) is 0 Å². The number of ketones is 1. The third-order valence-corrected chi connectivity index (χ3v) is 4.82. The number of nitrogens with two attached hydrogens (primary N) is 1. The summed E-state index contributed by atoms with van der Waals surface area (Å²) in [5.74, 6) is -2.13. The van der Waals surface area contributed by atoms with Gasteiger partial charge in [0, 0.05) is 17.5 Å². The molecule has 8 heteroatoms. The zero-order chi connectivity index (χ0) is 23.3. The number of benzene rings is 3. The minimum atomic E-state index is -4.72. The predicted octanol–water partition coefficient (Wildman–Crippen LogP) is 3.76. The molecule has 0 fully saturated rings. The van der Waals surface area contributed by atoms with E-state index in [1.165, 1.54) is 12.1 Å². The molecule has 0 saturated carbocycles. The van der Waals surface area contributed by atoms with E-state index in [1.54, 1.807) is 54.6 Å². The molecule has 3 aromatic carbocycles. The van der Waals surface area contributed by atoms with E-state index in [2.05, 4.69) is 5.32 Å². The van der Waals surface area contributed by atoms with Gasteiger partial charge in [0.25, 0.3) is 5.91 Å². The van der Waals surface area contributed by atoms with Crippen molar-refractivity contribution in [3.05, 3.63) is 107 Å². The molecule has 0 bridgehead atoms. The Morgan fingerprint density at radius 1 is 0.812 bits per heavy atom. The third kappa shape index (κ3) is 5.40. The molecule has 164 valence electrons. The molecule has 0 saturated heterocycles. The van der Waals surface area contributed by atoms with Gasteiger partial charge >= 0.3 is 6.18 Å². The molecule has 2 amide bonds. The number of hydrogen-bond acceptors (Lipinski definition) is 3. The fourth-order valence-corrected chi connectivity index (χ4v) is 3.17. The van der Waals surface area contributed by atoms with Gasteiger partial charge in [0.05, 0.1) is 11.1 Å². The van der Waals surface area contributed by atoms with Gasteiger partial charge < -0.3 is 11.1 Å². The molecule has 0 aliphatic heterocycles. The van der Waals surface area contributed by atoms with E-state index in [-0.39, 0.29) is 12.2 Å². The van der Waals surface area contributed by atoms with Crippen molar-refractivity contribution in [3.8, 4) is 0 Å². The van der Waals surface area contributed by atoms with Crippen molar-refractivity contribution in [2.45, 2.75) is 18.6 Å². The van der Waals surface area contributed by atoms with Crippen LogP contribution >= 0.6 is 0 Å². The number of amides is 2. The van der Waals surface area contributed by atoms with E-state index in [0.29, 0.717) is 16.7 Å². The van der Waals surface area contributed by atoms with Gasteiger partial charge in [0.15, 0.2) is 5.78 Å². The summed E-state index contributed by atoms with van der Waals surface area (Å²) in [6.45, 7) is 0. The lowest BCUT2D eigenvalue weighted by molar-refractivity contribution is -0.137. The zero-order valence-electron chi connectivity index (χ0n) is 16.7. The minimum absolute atomic E-state index is 0.0466. The maximum atomic E-state index is 13.2. The average Bonchev–Trinajstić information content (AvgIpc) is 2.78. The standard InChI is InChI=1S/C24H19F3N2O3/c25-24(26,27)19-9-5-4-8-18(19)23(32)29-20(22(28)31)14-15-10-12-17(13-11-15)21(30)16-6-2-1-3-7-16/h1-13,20H,14H2,(H2,28,31)(H,29,32)/t20-/m1/s1. The largest absolute Gasteiger partial charge is 0.417 e. The van der Waals surface area contributed by atoms with Crippen LogP contribution in [0.2, 0.25) is 0 Å². The van der Waals surface area contributed by atoms with Gasteiger partial charge in [-0.3, -0.25) is 14.4 Å². The summed E-state index contributed by atoms with van der Waals surface area (Å²) in [5, 5.41) is 2.28. The number of carbonyl (C=O) groups excluding carboxylic acids is 3. The van der Waals surface area contributed by atoms with Gasteiger partial charge in [0.2, 0.25) is 5.91 Å². The van der Waals surface area contributed by atoms with Crippen molar-refractivity contribution >= 4 is 17.6 Å². The first-order valence-electron chi connectivity index (χ1n) is 9.62. The van der Waals surface area contributed by atoms with Gasteiger partial charge in [-0.2, -0.15) is 13.2 Å². The molecule has 0 unspecified atom stereocenters. The number of nitrogens with one attached hydrogen (secondary N) is 1. The van der Waals surface area contributed by atoms with Crippen LogP contribution in [0.1, 0.15) is 37.4 Å². The Bertz CT molecular complexity index is 1130. The fraction of sp³-hybridized carbons (Fsp3) is 0.125. The summed E-state index contributed by atoms with van der Waals surface area (Å²) < 4.78 is 39.5. The SMILES string of the molecule is NC(=O)[C@@H](Cc1ccc(C(=O)c2ccccc2)cc1)NC(=O)c1ccccc1C(F)(F)F. The quantitative estimate of drug-likeness (QED) is 0.549. The van der Waals surface area contributed by atoms with E-state index in [1.807, 2.05) is 0 Å². The monoisotopic (exact) mass is 440 g/mol. The summed E-state index contributed by atoms with van der Waals surface area (Å²) in [7, 11) is 0. The normalized spacial score (nSPS) is 12.1. The maximum absolute atomic E-state index is 13.2. The number of alkyl halides is 3. The highest BCUT2D eigenvalue weighted by Gasteiger charge is 2.35. The minimum Gasteiger partial charge on any atom is -0.368 e. The molecule has 0 aliphatic rings. The lowest BCUT2D eigenvalue weighted by Gasteiger charge is -2.18. The number of rotatable bonds is 7. The van der Waals surface area contributed by atoms with Gasteiger partial charge in [0.1, 0.15) is 6.04 Å². The summed E-state index contributed by atoms with van der Waals surface area (Å²) >= 11 is 0. The second-order valence-corrected chi connectivity index (χ2v) is 7.07. The van der Waals surface area contributed by atoms with E-state index >= 15 is 0 Å². The first kappa shape index (κ1) is 22.7. The van der Waals surface area contributed by atoms with E-state index in [4.69, 9.17) is 5.73 Å². The first-order valence-corrected chi connectivity index (χ1v) is 9.62. The highest BCUT2D eigenvalue weighted by molar-refractivity contribution is 6.09. The highest BCUT2D eigenvalue weighted by atomic mass is 19.4. The van der Waals surface area contributed by atoms with Crippen molar-refractivity contribution in [3.63, 3.8) is 0 Å². The van der Waals surface area contributed by atoms with Crippen LogP contribution in [0.15, 0.2) is 78.9 Å². The first-order chi connectivity index (χ1) is 15.2. The molecule has 3 rings (SSSR count). The Hall–Kier alpha value is -3.94. The van der Waals surface area contributed by atoms with E-state index < -0.39 is 35.2 Å². The highest BCUT2D eigenvalue weighted by Crippen LogP contribution is 2.31. The summed E-state index contributed by atoms with van der Waals surface area (Å²) in [4.78, 5) is 36.8. The molecular weight excluding hydrogens is 421 g/mol. The van der Waals surface area contributed by atoms with Crippen LogP contribution in [0.4, 0.5) is 13.2 Å². The van der Waals surface area contributed by atoms with E-state index in [9.17, 15) is 27.6 Å². The molecule has 5 nitrogen and oxygen atoms in total. The summed E-state index contributed by atoms with van der Waals surface area (Å²) in [6.07, 6.45) is -4.77. The second kappa shape index (κ2) is 9.47. The molecule has 3 aromatic rings. The smallest absolute Gasteiger partial charge is 0.368 e. The molecule has 0 radical (unpaired) electrons. The van der Waals surface area contributed by atoms with Gasteiger partial charge in [-0.25, -0.2) is 0 Å². The van der Waals surface area contributed by atoms with Crippen molar-refractivity contribution < 1.29 is 27.6 Å². The molecule has 0 aromatic heterocycles. The van der Waals surface area contributed by atoms with E-state index in [0.717, 1.165) is 12.1 Å². The average molecular weight is 440 g/mol. The van der Waals surface area contributed by atoms with Crippen LogP contribution in [0, 0.1) is 0 Å². The van der Waals surface area contributed by atoms with Crippen LogP contribution in [-0.4, -0.2) is 23.6 Å². The number of halogens is 3. The summed E-state index contributed by atoms with van der Waals surface area (Å²) in [6, 6.07) is 18.1. The Morgan fingerprint density at radius 2 is 1.38 bits per heavy atom. The molecule has 0 heterocycles. The molecule has 1 atom stereocenters.